The van der Waals surface area contributed by atoms with Gasteiger partial charge in [0.15, 0.2) is 18.1 Å². The summed E-state index contributed by atoms with van der Waals surface area (Å²) < 4.78 is 11.3. The van der Waals surface area contributed by atoms with Crippen molar-refractivity contribution in [3.8, 4) is 11.5 Å². The van der Waals surface area contributed by atoms with Gasteiger partial charge in [-0.05, 0) is 26.5 Å². The molecular weight excluding hydrogens is 268 g/mol. The average Bonchev–Trinajstić information content (AvgIpc) is 2.47. The molecular formula is C16H26N2O3. The van der Waals surface area contributed by atoms with Crippen LogP contribution >= 0.6 is 0 Å². The van der Waals surface area contributed by atoms with E-state index in [4.69, 9.17) is 9.47 Å². The lowest BCUT2D eigenvalue weighted by Crippen LogP contribution is -2.30. The van der Waals surface area contributed by atoms with E-state index in [0.717, 1.165) is 18.4 Å². The van der Waals surface area contributed by atoms with Gasteiger partial charge in [-0.2, -0.15) is 0 Å². The van der Waals surface area contributed by atoms with Crippen molar-refractivity contribution in [2.45, 2.75) is 33.2 Å². The zero-order valence-electron chi connectivity index (χ0n) is 13.2. The molecule has 0 unspecified atom stereocenters. The molecule has 1 aromatic rings. The van der Waals surface area contributed by atoms with Crippen molar-refractivity contribution in [1.82, 2.24) is 10.6 Å². The van der Waals surface area contributed by atoms with Gasteiger partial charge in [0.1, 0.15) is 0 Å². The Morgan fingerprint density at radius 1 is 1.24 bits per heavy atom. The quantitative estimate of drug-likeness (QED) is 0.649. The summed E-state index contributed by atoms with van der Waals surface area (Å²) in [6.07, 6.45) is 2.03. The van der Waals surface area contributed by atoms with Crippen LogP contribution in [0, 0.1) is 0 Å². The minimum Gasteiger partial charge on any atom is -0.490 e. The third-order valence-corrected chi connectivity index (χ3v) is 2.93. The number of rotatable bonds is 10. The standard InChI is InChI=1S/C16H26N2O3/c1-4-6-10-18-15(19)12-21-16-13(11-17-3)8-7-9-14(16)20-5-2/h7-9,17H,4-6,10-12H2,1-3H3,(H,18,19). The van der Waals surface area contributed by atoms with Gasteiger partial charge in [0.2, 0.25) is 0 Å². The lowest BCUT2D eigenvalue weighted by Gasteiger charge is -2.15. The summed E-state index contributed by atoms with van der Waals surface area (Å²) in [5.41, 5.74) is 0.977. The third kappa shape index (κ3) is 6.04. The number of hydrogen-bond donors (Lipinski definition) is 2. The molecule has 0 aliphatic carbocycles. The van der Waals surface area contributed by atoms with Gasteiger partial charge < -0.3 is 20.1 Å². The Morgan fingerprint density at radius 2 is 2.05 bits per heavy atom. The minimum atomic E-state index is -0.106. The molecule has 21 heavy (non-hydrogen) atoms. The van der Waals surface area contributed by atoms with Crippen molar-refractivity contribution >= 4 is 5.91 Å². The fourth-order valence-corrected chi connectivity index (χ4v) is 1.92. The van der Waals surface area contributed by atoms with Crippen LogP contribution in [0.15, 0.2) is 18.2 Å². The number of nitrogens with one attached hydrogen (secondary N) is 2. The van der Waals surface area contributed by atoms with Gasteiger partial charge in [-0.3, -0.25) is 4.79 Å². The number of benzene rings is 1. The highest BCUT2D eigenvalue weighted by Gasteiger charge is 2.12. The topological polar surface area (TPSA) is 59.6 Å². The average molecular weight is 294 g/mol. The number of carbonyl (C=O) groups excluding carboxylic acids is 1. The molecule has 0 aliphatic heterocycles. The lowest BCUT2D eigenvalue weighted by molar-refractivity contribution is -0.123. The van der Waals surface area contributed by atoms with E-state index in [9.17, 15) is 4.79 Å². The molecule has 0 atom stereocenters. The summed E-state index contributed by atoms with van der Waals surface area (Å²) in [6, 6.07) is 5.74. The van der Waals surface area contributed by atoms with Crippen molar-refractivity contribution in [1.29, 1.82) is 0 Å². The molecule has 118 valence electrons. The minimum absolute atomic E-state index is 0.00448. The van der Waals surface area contributed by atoms with E-state index in [-0.39, 0.29) is 12.5 Å². The van der Waals surface area contributed by atoms with Gasteiger partial charge in [-0.25, -0.2) is 0 Å². The van der Waals surface area contributed by atoms with E-state index in [0.29, 0.717) is 31.2 Å². The maximum Gasteiger partial charge on any atom is 0.257 e. The van der Waals surface area contributed by atoms with E-state index in [1.54, 1.807) is 0 Å². The third-order valence-electron chi connectivity index (χ3n) is 2.93. The zero-order valence-corrected chi connectivity index (χ0v) is 13.2. The van der Waals surface area contributed by atoms with Crippen LogP contribution in [0.3, 0.4) is 0 Å². The molecule has 0 heterocycles. The molecule has 0 spiro atoms. The van der Waals surface area contributed by atoms with Crippen LogP contribution in [0.1, 0.15) is 32.3 Å². The predicted molar refractivity (Wildman–Crippen MR) is 83.8 cm³/mol. The van der Waals surface area contributed by atoms with Crippen LogP contribution in [-0.4, -0.2) is 32.7 Å². The Kier molecular flexibility index (Phi) is 8.28. The van der Waals surface area contributed by atoms with Gasteiger partial charge in [0.05, 0.1) is 6.61 Å². The van der Waals surface area contributed by atoms with Crippen LogP contribution in [-0.2, 0) is 11.3 Å². The van der Waals surface area contributed by atoms with Crippen LogP contribution in [0.25, 0.3) is 0 Å². The normalized spacial score (nSPS) is 10.2. The van der Waals surface area contributed by atoms with Crippen molar-refractivity contribution in [2.75, 3.05) is 26.8 Å². The first-order valence-electron chi connectivity index (χ1n) is 7.51. The molecule has 0 saturated carbocycles. The second-order valence-electron chi connectivity index (χ2n) is 4.70. The molecule has 0 aromatic heterocycles. The highest BCUT2D eigenvalue weighted by Crippen LogP contribution is 2.31. The Morgan fingerprint density at radius 3 is 2.71 bits per heavy atom. The fraction of sp³-hybridized carbons (Fsp3) is 0.562. The number of hydrogen-bond acceptors (Lipinski definition) is 4. The molecule has 1 amide bonds. The van der Waals surface area contributed by atoms with E-state index in [1.807, 2.05) is 32.2 Å². The van der Waals surface area contributed by atoms with Gasteiger partial charge in [-0.1, -0.05) is 25.5 Å². The van der Waals surface area contributed by atoms with Gasteiger partial charge in [-0.15, -0.1) is 0 Å². The molecule has 1 aromatic carbocycles. The first kappa shape index (κ1) is 17.3. The second-order valence-corrected chi connectivity index (χ2v) is 4.70. The summed E-state index contributed by atoms with van der Waals surface area (Å²) in [5, 5.41) is 5.92. The van der Waals surface area contributed by atoms with Gasteiger partial charge in [0.25, 0.3) is 5.91 Å². The maximum atomic E-state index is 11.7. The fourth-order valence-electron chi connectivity index (χ4n) is 1.92. The summed E-state index contributed by atoms with van der Waals surface area (Å²) >= 11 is 0. The van der Waals surface area contributed by atoms with E-state index in [2.05, 4.69) is 17.6 Å². The molecule has 1 rings (SSSR count). The molecule has 0 aliphatic rings. The Bertz CT molecular complexity index is 411. The number of para-hydroxylation sites is 1. The SMILES string of the molecule is CCCCNC(=O)COc1c(CNC)cccc1OCC. The molecule has 0 bridgehead atoms. The smallest absolute Gasteiger partial charge is 0.257 e. The number of carbonyl (C=O) groups is 1. The Hall–Kier alpha value is -1.75. The maximum absolute atomic E-state index is 11.7. The lowest BCUT2D eigenvalue weighted by atomic mass is 10.2. The molecule has 0 fully saturated rings. The van der Waals surface area contributed by atoms with Gasteiger partial charge >= 0.3 is 0 Å². The second kappa shape index (κ2) is 10.0. The molecule has 5 heteroatoms. The zero-order chi connectivity index (χ0) is 15.5. The van der Waals surface area contributed by atoms with Crippen LogP contribution in [0.4, 0.5) is 0 Å². The molecule has 5 nitrogen and oxygen atoms in total. The Balaban J connectivity index is 2.68. The number of ether oxygens (including phenoxy) is 2. The first-order chi connectivity index (χ1) is 10.2. The Labute approximate surface area is 127 Å². The van der Waals surface area contributed by atoms with Crippen molar-refractivity contribution < 1.29 is 14.3 Å². The predicted octanol–water partition coefficient (Wildman–Crippen LogP) is 2.10. The van der Waals surface area contributed by atoms with Crippen LogP contribution < -0.4 is 20.1 Å². The highest BCUT2D eigenvalue weighted by atomic mass is 16.5. The summed E-state index contributed by atoms with van der Waals surface area (Å²) in [4.78, 5) is 11.7. The summed E-state index contributed by atoms with van der Waals surface area (Å²) in [5.74, 6) is 1.20. The number of amides is 1. The molecule has 0 saturated heterocycles. The van der Waals surface area contributed by atoms with Crippen molar-refractivity contribution in [3.05, 3.63) is 23.8 Å². The summed E-state index contributed by atoms with van der Waals surface area (Å²) in [6.45, 7) is 5.92. The molecule has 2 N–H and O–H groups in total. The molecule has 0 radical (unpaired) electrons. The van der Waals surface area contributed by atoms with E-state index >= 15 is 0 Å². The van der Waals surface area contributed by atoms with E-state index < -0.39 is 0 Å². The van der Waals surface area contributed by atoms with Crippen LogP contribution in [0.2, 0.25) is 0 Å². The van der Waals surface area contributed by atoms with Gasteiger partial charge in [0, 0.05) is 18.7 Å². The largest absolute Gasteiger partial charge is 0.490 e. The van der Waals surface area contributed by atoms with E-state index in [1.165, 1.54) is 0 Å². The van der Waals surface area contributed by atoms with Crippen molar-refractivity contribution in [3.63, 3.8) is 0 Å². The highest BCUT2D eigenvalue weighted by molar-refractivity contribution is 5.77. The van der Waals surface area contributed by atoms with Crippen molar-refractivity contribution in [2.24, 2.45) is 0 Å². The van der Waals surface area contributed by atoms with Crippen LogP contribution in [0.5, 0.6) is 11.5 Å². The monoisotopic (exact) mass is 294 g/mol. The first-order valence-corrected chi connectivity index (χ1v) is 7.51. The number of unbranched alkanes of at least 4 members (excludes halogenated alkanes) is 1. The summed E-state index contributed by atoms with van der Waals surface area (Å²) in [7, 11) is 1.87.